The highest BCUT2D eigenvalue weighted by molar-refractivity contribution is 5.89. The average molecular weight is 551 g/mol. The highest BCUT2D eigenvalue weighted by atomic mass is 16.7. The molecule has 7 unspecified atom stereocenters. The van der Waals surface area contributed by atoms with Gasteiger partial charge in [0.05, 0.1) is 23.2 Å². The minimum absolute atomic E-state index is 0.117. The number of carbonyl (C=O) groups excluding carboxylic acids is 4. The van der Waals surface area contributed by atoms with E-state index in [1.807, 2.05) is 13.8 Å². The van der Waals surface area contributed by atoms with Gasteiger partial charge in [-0.05, 0) is 33.3 Å². The van der Waals surface area contributed by atoms with Gasteiger partial charge in [-0.25, -0.2) is 4.79 Å². The molecular weight excluding hydrogens is 512 g/mol. The summed E-state index contributed by atoms with van der Waals surface area (Å²) in [6.07, 6.45) is -2.90. The molecule has 0 bridgehead atoms. The van der Waals surface area contributed by atoms with E-state index in [1.54, 1.807) is 26.8 Å². The van der Waals surface area contributed by atoms with Crippen LogP contribution in [0.2, 0.25) is 0 Å². The third-order valence-corrected chi connectivity index (χ3v) is 9.51. The Morgan fingerprint density at radius 3 is 2.36 bits per heavy atom. The molecule has 1 saturated carbocycles. The van der Waals surface area contributed by atoms with Gasteiger partial charge < -0.3 is 33.5 Å². The Morgan fingerprint density at radius 2 is 1.77 bits per heavy atom. The number of rotatable bonds is 5. The van der Waals surface area contributed by atoms with Gasteiger partial charge >= 0.3 is 23.9 Å². The van der Waals surface area contributed by atoms with Crippen molar-refractivity contribution in [1.82, 2.24) is 0 Å². The van der Waals surface area contributed by atoms with Crippen LogP contribution in [0.1, 0.15) is 74.1 Å². The van der Waals surface area contributed by atoms with Gasteiger partial charge in [0.2, 0.25) is 0 Å². The summed E-state index contributed by atoms with van der Waals surface area (Å²) in [7, 11) is 0. The fourth-order valence-corrected chi connectivity index (χ4v) is 7.63. The Kier molecular flexibility index (Phi) is 6.48. The van der Waals surface area contributed by atoms with Crippen molar-refractivity contribution in [2.45, 2.75) is 128 Å². The molecule has 39 heavy (non-hydrogen) atoms. The molecule has 3 saturated heterocycles. The van der Waals surface area contributed by atoms with Crippen LogP contribution in [0.5, 0.6) is 0 Å². The quantitative estimate of drug-likeness (QED) is 0.231. The van der Waals surface area contributed by atoms with Crippen molar-refractivity contribution >= 4 is 23.9 Å². The van der Waals surface area contributed by atoms with Gasteiger partial charge in [-0.3, -0.25) is 14.4 Å². The topological polar surface area (TPSA) is 150 Å². The van der Waals surface area contributed by atoms with Crippen LogP contribution < -0.4 is 0 Å². The lowest BCUT2D eigenvalue weighted by Gasteiger charge is -2.54. The monoisotopic (exact) mass is 550 g/mol. The van der Waals surface area contributed by atoms with E-state index in [0.29, 0.717) is 12.0 Å². The third kappa shape index (κ3) is 3.94. The summed E-state index contributed by atoms with van der Waals surface area (Å²) < 4.78 is 35.7. The first-order valence-corrected chi connectivity index (χ1v) is 13.6. The first kappa shape index (κ1) is 28.0. The predicted molar refractivity (Wildman–Crippen MR) is 132 cm³/mol. The maximum Gasteiger partial charge on any atom is 0.342 e. The van der Waals surface area contributed by atoms with E-state index in [0.717, 1.165) is 0 Å². The van der Waals surface area contributed by atoms with Crippen molar-refractivity contribution in [1.29, 1.82) is 0 Å². The van der Waals surface area contributed by atoms with Crippen LogP contribution in [0, 0.1) is 11.3 Å². The van der Waals surface area contributed by atoms with E-state index in [4.69, 9.17) is 28.4 Å². The zero-order valence-electron chi connectivity index (χ0n) is 23.5. The van der Waals surface area contributed by atoms with E-state index < -0.39 is 82.5 Å². The Labute approximate surface area is 227 Å². The second kappa shape index (κ2) is 9.01. The smallest absolute Gasteiger partial charge is 0.342 e. The third-order valence-electron chi connectivity index (χ3n) is 9.51. The fraction of sp³-hybridized carbons (Fsp3) is 0.786. The van der Waals surface area contributed by atoms with Gasteiger partial charge in [-0.2, -0.15) is 0 Å². The van der Waals surface area contributed by atoms with Crippen LogP contribution >= 0.6 is 0 Å². The molecule has 0 amide bonds. The zero-order chi connectivity index (χ0) is 28.7. The predicted octanol–water partition coefficient (Wildman–Crippen LogP) is 1.91. The van der Waals surface area contributed by atoms with Gasteiger partial charge in [0.25, 0.3) is 0 Å². The molecule has 0 radical (unpaired) electrons. The number of epoxide rings is 2. The molecule has 0 aromatic heterocycles. The molecule has 3 aliphatic heterocycles. The van der Waals surface area contributed by atoms with Crippen molar-refractivity contribution in [3.05, 3.63) is 11.6 Å². The summed E-state index contributed by atoms with van der Waals surface area (Å²) >= 11 is 0. The molecule has 5 rings (SSSR count). The molecule has 1 N–H and O–H groups in total. The summed E-state index contributed by atoms with van der Waals surface area (Å²) in [4.78, 5) is 50.7. The summed E-state index contributed by atoms with van der Waals surface area (Å²) in [6, 6.07) is 0. The number of carbonyl (C=O) groups is 4. The summed E-state index contributed by atoms with van der Waals surface area (Å²) in [5, 5.41) is 12.3. The Morgan fingerprint density at radius 1 is 1.10 bits per heavy atom. The molecule has 11 heteroatoms. The largest absolute Gasteiger partial charge is 0.462 e. The Balaban J connectivity index is 1.74. The number of ether oxygens (including phenoxy) is 6. The summed E-state index contributed by atoms with van der Waals surface area (Å²) in [5.74, 6) is -3.13. The van der Waals surface area contributed by atoms with E-state index in [9.17, 15) is 24.3 Å². The van der Waals surface area contributed by atoms with E-state index in [2.05, 4.69) is 0 Å². The molecule has 4 fully saturated rings. The molecular formula is C28H38O11. The molecule has 11 atom stereocenters. The van der Waals surface area contributed by atoms with Crippen LogP contribution in [0.4, 0.5) is 0 Å². The first-order valence-electron chi connectivity index (χ1n) is 13.6. The summed E-state index contributed by atoms with van der Waals surface area (Å²) in [5.41, 5.74) is -4.41. The van der Waals surface area contributed by atoms with Crippen LogP contribution in [-0.2, 0) is 47.6 Å². The highest BCUT2D eigenvalue weighted by Crippen LogP contribution is 2.69. The molecule has 5 aliphatic rings. The lowest BCUT2D eigenvalue weighted by molar-refractivity contribution is -0.225. The fourth-order valence-electron chi connectivity index (χ4n) is 7.63. The number of hydrogen-bond donors (Lipinski definition) is 1. The van der Waals surface area contributed by atoms with Gasteiger partial charge in [0.15, 0.2) is 17.3 Å². The van der Waals surface area contributed by atoms with Gasteiger partial charge in [-0.1, -0.05) is 19.4 Å². The highest BCUT2D eigenvalue weighted by Gasteiger charge is 2.88. The molecule has 2 aliphatic carbocycles. The van der Waals surface area contributed by atoms with Crippen molar-refractivity contribution in [3.63, 3.8) is 0 Å². The average Bonchev–Trinajstić information content (AvgIpc) is 3.65. The Hall–Kier alpha value is -2.50. The van der Waals surface area contributed by atoms with Crippen LogP contribution in [-0.4, -0.2) is 82.4 Å². The normalized spacial score (nSPS) is 49.0. The molecule has 0 aromatic carbocycles. The maximum absolute atomic E-state index is 13.1. The number of fused-ring (bicyclic) bond motifs is 3. The number of aliphatic hydroxyl groups excluding tert-OH is 1. The maximum atomic E-state index is 13.1. The van der Waals surface area contributed by atoms with Gasteiger partial charge in [-0.15, -0.1) is 0 Å². The molecule has 0 aromatic rings. The van der Waals surface area contributed by atoms with Crippen molar-refractivity contribution in [2.24, 2.45) is 11.3 Å². The Bertz CT molecular complexity index is 1130. The van der Waals surface area contributed by atoms with Crippen molar-refractivity contribution in [2.75, 3.05) is 0 Å². The van der Waals surface area contributed by atoms with Gasteiger partial charge in [0, 0.05) is 39.0 Å². The number of esters is 4. The SMILES string of the molecule is CCCC(=O)O[C@H]1[C@H](OC(C)=O)C/C(C)=C\C2OC(=O)[C@]3(C)OC23C(O)C2C3(C)OC3CC(OC(C)=O)[C@@]21C. The molecule has 3 heterocycles. The second-order valence-corrected chi connectivity index (χ2v) is 12.2. The minimum Gasteiger partial charge on any atom is -0.462 e. The van der Waals surface area contributed by atoms with Gasteiger partial charge in [0.1, 0.15) is 18.3 Å². The second-order valence-electron chi connectivity index (χ2n) is 12.2. The molecule has 216 valence electrons. The van der Waals surface area contributed by atoms with Crippen LogP contribution in [0.3, 0.4) is 0 Å². The van der Waals surface area contributed by atoms with Crippen LogP contribution in [0.25, 0.3) is 0 Å². The van der Waals surface area contributed by atoms with E-state index in [1.165, 1.54) is 13.8 Å². The van der Waals surface area contributed by atoms with Crippen molar-refractivity contribution in [3.8, 4) is 0 Å². The number of hydrogen-bond acceptors (Lipinski definition) is 11. The lowest BCUT2D eigenvalue weighted by atomic mass is 9.53. The van der Waals surface area contributed by atoms with E-state index >= 15 is 0 Å². The van der Waals surface area contributed by atoms with E-state index in [-0.39, 0.29) is 25.4 Å². The standard InChI is InChI=1S/C28H38O11/c1-8-9-20(31)37-23-16(34-14(3)29)10-13(2)11-19-28(27(7,39-28)24(33)36-19)22(32)21-25(23,5)17(35-15(4)30)12-18-26(21,6)38-18/h11,16-19,21-23,32H,8-10,12H2,1-7H3/b13-11-/t16-,17?,18?,19?,21?,22?,23+,25+,26?,27+,28?/m1/s1. The summed E-state index contributed by atoms with van der Waals surface area (Å²) in [6.45, 7) is 11.4. The minimum atomic E-state index is -1.43. The number of aliphatic hydroxyl groups is 1. The van der Waals surface area contributed by atoms with Crippen molar-refractivity contribution < 1.29 is 52.7 Å². The first-order chi connectivity index (χ1) is 18.1. The molecule has 11 nitrogen and oxygen atoms in total. The zero-order valence-corrected chi connectivity index (χ0v) is 23.5. The lowest BCUT2D eigenvalue weighted by Crippen LogP contribution is -2.67. The molecule has 1 spiro atoms. The van der Waals surface area contributed by atoms with Crippen LogP contribution in [0.15, 0.2) is 11.6 Å².